The second-order valence-corrected chi connectivity index (χ2v) is 4.60. The Balaban J connectivity index is 2.72. The maximum atomic E-state index is 11.7. The molecule has 1 aliphatic heterocycles. The van der Waals surface area contributed by atoms with Crippen LogP contribution in [0.3, 0.4) is 0 Å². The summed E-state index contributed by atoms with van der Waals surface area (Å²) in [6.45, 7) is 2.04. The normalized spacial score (nSPS) is 36.6. The van der Waals surface area contributed by atoms with Gasteiger partial charge < -0.3 is 30.5 Å². The molecule has 8 heteroatoms. The Morgan fingerprint density at radius 2 is 1.84 bits per heavy atom. The molecule has 1 heterocycles. The predicted molar refractivity (Wildman–Crippen MR) is 61.8 cm³/mol. The van der Waals surface area contributed by atoms with Gasteiger partial charge in [0.2, 0.25) is 5.91 Å². The number of carbonyl (C=O) groups is 2. The van der Waals surface area contributed by atoms with E-state index in [-0.39, 0.29) is 5.78 Å². The first-order valence-electron chi connectivity index (χ1n) is 5.91. The summed E-state index contributed by atoms with van der Waals surface area (Å²) in [6, 6.07) is -1.27. The number of hydrogen-bond acceptors (Lipinski definition) is 7. The number of hydrogen-bond donors (Lipinski definition) is 5. The third-order valence-electron chi connectivity index (χ3n) is 3.21. The smallest absolute Gasteiger partial charge is 0.230 e. The van der Waals surface area contributed by atoms with E-state index in [0.29, 0.717) is 0 Å². The van der Waals surface area contributed by atoms with Crippen LogP contribution in [0.4, 0.5) is 0 Å². The monoisotopic (exact) mass is 277 g/mol. The van der Waals surface area contributed by atoms with Crippen LogP contribution in [-0.4, -0.2) is 69.4 Å². The number of nitrogens with one attached hydrogen (secondary N) is 1. The highest BCUT2D eigenvalue weighted by Crippen LogP contribution is 2.20. The van der Waals surface area contributed by atoms with Crippen molar-refractivity contribution in [1.82, 2.24) is 5.32 Å². The fourth-order valence-electron chi connectivity index (χ4n) is 1.73. The molecule has 1 rings (SSSR count). The molecular weight excluding hydrogens is 258 g/mol. The van der Waals surface area contributed by atoms with Crippen molar-refractivity contribution in [1.29, 1.82) is 0 Å². The molecule has 0 aromatic carbocycles. The van der Waals surface area contributed by atoms with Crippen molar-refractivity contribution in [3.63, 3.8) is 0 Å². The molecule has 0 spiro atoms. The molecule has 1 amide bonds. The van der Waals surface area contributed by atoms with Crippen LogP contribution in [0.25, 0.3) is 0 Å². The van der Waals surface area contributed by atoms with Crippen molar-refractivity contribution in [3.05, 3.63) is 0 Å². The highest BCUT2D eigenvalue weighted by Gasteiger charge is 2.44. The quantitative estimate of drug-likeness (QED) is 0.348. The Kier molecular flexibility index (Phi) is 5.39. The van der Waals surface area contributed by atoms with Gasteiger partial charge in [-0.05, 0) is 13.8 Å². The van der Waals surface area contributed by atoms with E-state index >= 15 is 0 Å². The van der Waals surface area contributed by atoms with Gasteiger partial charge in [-0.25, -0.2) is 0 Å². The molecule has 4 unspecified atom stereocenters. The number of ether oxygens (including phenoxy) is 1. The van der Waals surface area contributed by atoms with Gasteiger partial charge in [0.25, 0.3) is 0 Å². The van der Waals surface area contributed by atoms with E-state index in [1.807, 2.05) is 0 Å². The average molecular weight is 277 g/mol. The zero-order valence-electron chi connectivity index (χ0n) is 10.7. The Hall–Kier alpha value is -1.06. The lowest BCUT2D eigenvalue weighted by molar-refractivity contribution is -0.254. The highest BCUT2D eigenvalue weighted by atomic mass is 16.6. The number of carbonyl (C=O) groups excluding carboxylic acids is 2. The lowest BCUT2D eigenvalue weighted by Gasteiger charge is -2.40. The molecule has 0 saturated carbocycles. The number of aliphatic hydroxyl groups excluding tert-OH is 4. The van der Waals surface area contributed by atoms with Gasteiger partial charge in [-0.1, -0.05) is 0 Å². The summed E-state index contributed by atoms with van der Waals surface area (Å²) >= 11 is 0. The molecule has 0 aromatic heterocycles. The van der Waals surface area contributed by atoms with Crippen LogP contribution in [-0.2, 0) is 14.3 Å². The largest absolute Gasteiger partial charge is 0.394 e. The lowest BCUT2D eigenvalue weighted by Crippen LogP contribution is -2.64. The molecule has 0 radical (unpaired) electrons. The lowest BCUT2D eigenvalue weighted by atomic mass is 9.96. The molecule has 6 atom stereocenters. The minimum absolute atomic E-state index is 0.369. The van der Waals surface area contributed by atoms with Crippen LogP contribution < -0.4 is 5.32 Å². The molecular formula is C11H19NO7. The minimum atomic E-state index is -1.58. The molecule has 8 nitrogen and oxygen atoms in total. The zero-order chi connectivity index (χ0) is 14.7. The van der Waals surface area contributed by atoms with Gasteiger partial charge in [0.05, 0.1) is 12.5 Å². The molecule has 1 aliphatic rings. The number of amides is 1. The van der Waals surface area contributed by atoms with Crippen molar-refractivity contribution in [2.75, 3.05) is 6.61 Å². The Morgan fingerprint density at radius 3 is 2.32 bits per heavy atom. The van der Waals surface area contributed by atoms with Gasteiger partial charge in [-0.3, -0.25) is 9.59 Å². The summed E-state index contributed by atoms with van der Waals surface area (Å²) in [4.78, 5) is 22.7. The fourth-order valence-corrected chi connectivity index (χ4v) is 1.73. The summed E-state index contributed by atoms with van der Waals surface area (Å²) in [5.41, 5.74) is 0. The second kappa shape index (κ2) is 6.40. The maximum Gasteiger partial charge on any atom is 0.230 e. The van der Waals surface area contributed by atoms with Gasteiger partial charge in [0.1, 0.15) is 30.1 Å². The molecule has 1 saturated heterocycles. The highest BCUT2D eigenvalue weighted by molar-refractivity contribution is 5.99. The standard InChI is InChI=1S/C11H19NO7/c1-4(5(2)14)10(17)12-7-9(16)8(15)6(3-13)19-11(7)18/h4,6-9,11,13,15-16,18H,3H2,1-2H3,(H,12,17)/t4?,6?,7?,8-,9?,11-/m1/s1. The van der Waals surface area contributed by atoms with Crippen molar-refractivity contribution >= 4 is 11.7 Å². The fraction of sp³-hybridized carbons (Fsp3) is 0.818. The Morgan fingerprint density at radius 1 is 1.26 bits per heavy atom. The molecule has 0 aromatic rings. The topological polar surface area (TPSA) is 136 Å². The summed E-state index contributed by atoms with van der Waals surface area (Å²) in [6.07, 6.45) is -5.68. The van der Waals surface area contributed by atoms with E-state index in [9.17, 15) is 24.9 Å². The first-order valence-corrected chi connectivity index (χ1v) is 5.91. The zero-order valence-corrected chi connectivity index (χ0v) is 10.7. The Bertz CT molecular complexity index is 348. The molecule has 0 bridgehead atoms. The van der Waals surface area contributed by atoms with Gasteiger partial charge in [-0.2, -0.15) is 0 Å². The van der Waals surface area contributed by atoms with E-state index in [2.05, 4.69) is 5.32 Å². The van der Waals surface area contributed by atoms with Crippen molar-refractivity contribution in [3.8, 4) is 0 Å². The Labute approximate surface area is 110 Å². The van der Waals surface area contributed by atoms with Gasteiger partial charge in [-0.15, -0.1) is 0 Å². The van der Waals surface area contributed by atoms with E-state index in [1.165, 1.54) is 13.8 Å². The summed E-state index contributed by atoms with van der Waals surface area (Å²) in [5, 5.41) is 40.2. The minimum Gasteiger partial charge on any atom is -0.394 e. The molecule has 0 aliphatic carbocycles. The number of Topliss-reactive ketones (excluding diaryl/α,β-unsaturated/α-hetero) is 1. The van der Waals surface area contributed by atoms with Crippen LogP contribution in [0, 0.1) is 5.92 Å². The van der Waals surface area contributed by atoms with Gasteiger partial charge in [0, 0.05) is 0 Å². The first-order chi connectivity index (χ1) is 8.79. The van der Waals surface area contributed by atoms with Gasteiger partial charge in [0.15, 0.2) is 6.29 Å². The third kappa shape index (κ3) is 3.48. The van der Waals surface area contributed by atoms with Gasteiger partial charge >= 0.3 is 0 Å². The molecule has 1 fully saturated rings. The average Bonchev–Trinajstić information content (AvgIpc) is 2.37. The van der Waals surface area contributed by atoms with E-state index in [0.717, 1.165) is 0 Å². The number of ketones is 1. The summed E-state index contributed by atoms with van der Waals surface area (Å²) in [7, 11) is 0. The van der Waals surface area contributed by atoms with Crippen molar-refractivity contribution in [2.45, 2.75) is 44.5 Å². The summed E-state index contributed by atoms with van der Waals surface area (Å²) < 4.78 is 4.87. The van der Waals surface area contributed by atoms with Crippen molar-refractivity contribution < 1.29 is 34.8 Å². The first kappa shape index (κ1) is 16.0. The molecule has 110 valence electrons. The van der Waals surface area contributed by atoms with E-state index in [4.69, 9.17) is 9.84 Å². The van der Waals surface area contributed by atoms with Crippen LogP contribution in [0.5, 0.6) is 0 Å². The second-order valence-electron chi connectivity index (χ2n) is 4.60. The maximum absolute atomic E-state index is 11.7. The predicted octanol–water partition coefficient (Wildman–Crippen LogP) is -2.87. The number of aliphatic hydroxyl groups is 4. The van der Waals surface area contributed by atoms with E-state index < -0.39 is 49.1 Å². The molecule has 5 N–H and O–H groups in total. The van der Waals surface area contributed by atoms with Crippen molar-refractivity contribution in [2.24, 2.45) is 5.92 Å². The third-order valence-corrected chi connectivity index (χ3v) is 3.21. The van der Waals surface area contributed by atoms with Crippen LogP contribution >= 0.6 is 0 Å². The van der Waals surface area contributed by atoms with Crippen LogP contribution in [0.15, 0.2) is 0 Å². The van der Waals surface area contributed by atoms with Crippen LogP contribution in [0.2, 0.25) is 0 Å². The van der Waals surface area contributed by atoms with Crippen LogP contribution in [0.1, 0.15) is 13.8 Å². The number of rotatable bonds is 4. The SMILES string of the molecule is CC(=O)C(C)C(=O)NC1C(O)[C@H](O)C(CO)O[C@H]1O. The molecule has 19 heavy (non-hydrogen) atoms. The summed E-state index contributed by atoms with van der Waals surface area (Å²) in [5.74, 6) is -1.99. The van der Waals surface area contributed by atoms with E-state index in [1.54, 1.807) is 0 Å².